The molecule has 126 valence electrons. The van der Waals surface area contributed by atoms with Crippen molar-refractivity contribution in [3.05, 3.63) is 33.3 Å². The largest absolute Gasteiger partial charge is 0.479 e. The van der Waals surface area contributed by atoms with Crippen molar-refractivity contribution < 1.29 is 19.4 Å². The lowest BCUT2D eigenvalue weighted by Crippen LogP contribution is -2.43. The fourth-order valence-corrected chi connectivity index (χ4v) is 3.16. The van der Waals surface area contributed by atoms with Gasteiger partial charge in [0.05, 0.1) is 0 Å². The van der Waals surface area contributed by atoms with Crippen molar-refractivity contribution >= 4 is 39.6 Å². The van der Waals surface area contributed by atoms with E-state index < -0.39 is 23.7 Å². The maximum absolute atomic E-state index is 12.5. The summed E-state index contributed by atoms with van der Waals surface area (Å²) in [5.41, 5.74) is -0.218. The molecule has 2 rings (SSSR count). The number of carbonyl (C=O) groups excluding carboxylic acids is 1. The molecule has 0 saturated heterocycles. The molecule has 0 aromatic heterocycles. The Labute approximate surface area is 148 Å². The molecule has 1 aliphatic carbocycles. The molecule has 1 aromatic carbocycles. The van der Waals surface area contributed by atoms with Crippen molar-refractivity contribution in [3.8, 4) is 0 Å². The topological polar surface area (TPSA) is 66.8 Å². The average Bonchev–Trinajstić information content (AvgIpc) is 3.18. The molecule has 1 amide bonds. The number of aliphatic carboxylic acids is 1. The fraction of sp³-hybridized carbons (Fsp3) is 0.500. The van der Waals surface area contributed by atoms with Gasteiger partial charge in [0.25, 0.3) is 0 Å². The first kappa shape index (κ1) is 18.1. The van der Waals surface area contributed by atoms with Gasteiger partial charge in [0.15, 0.2) is 6.04 Å². The number of nitrogens with zero attached hydrogens (tertiary/aromatic N) is 1. The monoisotopic (exact) mass is 403 g/mol. The molecule has 1 fully saturated rings. The Balaban J connectivity index is 2.40. The molecule has 7 heteroatoms. The minimum atomic E-state index is -1.12. The molecule has 23 heavy (non-hydrogen) atoms. The lowest BCUT2D eigenvalue weighted by atomic mass is 10.1. The van der Waals surface area contributed by atoms with Gasteiger partial charge in [-0.05, 0) is 45.7 Å². The summed E-state index contributed by atoms with van der Waals surface area (Å²) >= 11 is 9.26. The van der Waals surface area contributed by atoms with Gasteiger partial charge in [-0.15, -0.1) is 0 Å². The second-order valence-electron chi connectivity index (χ2n) is 6.53. The maximum atomic E-state index is 12.5. The Kier molecular flexibility index (Phi) is 5.26. The highest BCUT2D eigenvalue weighted by molar-refractivity contribution is 9.10. The summed E-state index contributed by atoms with van der Waals surface area (Å²) in [7, 11) is 0. The van der Waals surface area contributed by atoms with Crippen LogP contribution in [0.4, 0.5) is 4.79 Å². The predicted octanol–water partition coefficient (Wildman–Crippen LogP) is 4.63. The Morgan fingerprint density at radius 3 is 2.43 bits per heavy atom. The molecule has 1 N–H and O–H groups in total. The molecule has 1 aliphatic rings. The van der Waals surface area contributed by atoms with E-state index in [0.29, 0.717) is 15.1 Å². The molecule has 1 unspecified atom stereocenters. The highest BCUT2D eigenvalue weighted by Gasteiger charge is 2.44. The number of ether oxygens (including phenoxy) is 1. The minimum Gasteiger partial charge on any atom is -0.479 e. The smallest absolute Gasteiger partial charge is 0.411 e. The highest BCUT2D eigenvalue weighted by Crippen LogP contribution is 2.38. The second kappa shape index (κ2) is 6.69. The summed E-state index contributed by atoms with van der Waals surface area (Å²) < 4.78 is 5.95. The zero-order valence-corrected chi connectivity index (χ0v) is 15.5. The first-order chi connectivity index (χ1) is 10.6. The molecular weight excluding hydrogens is 386 g/mol. The molecule has 0 spiro atoms. The third kappa shape index (κ3) is 4.61. The molecule has 0 heterocycles. The zero-order valence-electron chi connectivity index (χ0n) is 13.2. The number of hydrogen-bond donors (Lipinski definition) is 1. The average molecular weight is 405 g/mol. The van der Waals surface area contributed by atoms with Crippen LogP contribution in [0.5, 0.6) is 0 Å². The first-order valence-corrected chi connectivity index (χ1v) is 8.46. The fourth-order valence-electron chi connectivity index (χ4n) is 2.26. The predicted molar refractivity (Wildman–Crippen MR) is 90.6 cm³/mol. The van der Waals surface area contributed by atoms with Gasteiger partial charge in [0.1, 0.15) is 5.60 Å². The van der Waals surface area contributed by atoms with Gasteiger partial charge in [-0.3, -0.25) is 4.90 Å². The third-order valence-corrected chi connectivity index (χ3v) is 4.24. The highest BCUT2D eigenvalue weighted by atomic mass is 79.9. The summed E-state index contributed by atoms with van der Waals surface area (Å²) in [6, 6.07) is 3.60. The van der Waals surface area contributed by atoms with E-state index in [1.807, 2.05) is 0 Å². The van der Waals surface area contributed by atoms with Gasteiger partial charge in [-0.25, -0.2) is 9.59 Å². The van der Waals surface area contributed by atoms with Gasteiger partial charge in [0.2, 0.25) is 0 Å². The van der Waals surface area contributed by atoms with Crippen LogP contribution in [0.25, 0.3) is 0 Å². The number of carbonyl (C=O) groups is 2. The quantitative estimate of drug-likeness (QED) is 0.794. The van der Waals surface area contributed by atoms with Gasteiger partial charge in [-0.2, -0.15) is 0 Å². The summed E-state index contributed by atoms with van der Waals surface area (Å²) in [6.45, 7) is 5.26. The van der Waals surface area contributed by atoms with E-state index in [1.165, 1.54) is 4.90 Å². The Bertz CT molecular complexity index is 625. The normalized spacial score (nSPS) is 15.9. The Hall–Kier alpha value is -1.27. The number of carboxylic acid groups (broad SMARTS) is 1. The van der Waals surface area contributed by atoms with Crippen LogP contribution >= 0.6 is 27.5 Å². The van der Waals surface area contributed by atoms with Crippen molar-refractivity contribution in [2.24, 2.45) is 0 Å². The molecule has 0 bridgehead atoms. The minimum absolute atomic E-state index is 0.117. The van der Waals surface area contributed by atoms with Crippen LogP contribution in [0, 0.1) is 0 Å². The number of hydrogen-bond acceptors (Lipinski definition) is 3. The lowest BCUT2D eigenvalue weighted by molar-refractivity contribution is -0.143. The van der Waals surface area contributed by atoms with E-state index in [0.717, 1.165) is 12.8 Å². The summed E-state index contributed by atoms with van der Waals surface area (Å²) in [5.74, 6) is -1.11. The Morgan fingerprint density at radius 1 is 1.39 bits per heavy atom. The van der Waals surface area contributed by atoms with Crippen LogP contribution in [-0.2, 0) is 9.53 Å². The standard InChI is InChI=1S/C16H19BrClNO4/c1-16(2,3)23-15(22)19(10-5-6-10)13(14(20)21)11-7-4-9(18)8-12(11)17/h4,7-8,10,13H,5-6H2,1-3H3,(H,20,21). The lowest BCUT2D eigenvalue weighted by Gasteiger charge is -2.32. The first-order valence-electron chi connectivity index (χ1n) is 7.29. The summed E-state index contributed by atoms with van der Waals surface area (Å²) in [6.07, 6.45) is 0.928. The Morgan fingerprint density at radius 2 is 2.00 bits per heavy atom. The van der Waals surface area contributed by atoms with E-state index in [4.69, 9.17) is 16.3 Å². The van der Waals surface area contributed by atoms with Gasteiger partial charge in [-0.1, -0.05) is 33.6 Å². The van der Waals surface area contributed by atoms with Gasteiger partial charge >= 0.3 is 12.1 Å². The van der Waals surface area contributed by atoms with E-state index in [2.05, 4.69) is 15.9 Å². The molecule has 1 saturated carbocycles. The third-order valence-electron chi connectivity index (χ3n) is 3.31. The number of benzene rings is 1. The van der Waals surface area contributed by atoms with E-state index in [9.17, 15) is 14.7 Å². The molecule has 0 radical (unpaired) electrons. The number of halogens is 2. The molecule has 0 aliphatic heterocycles. The van der Waals surface area contributed by atoms with Gasteiger partial charge in [0, 0.05) is 21.1 Å². The van der Waals surface area contributed by atoms with E-state index in [-0.39, 0.29) is 6.04 Å². The zero-order chi connectivity index (χ0) is 17.4. The van der Waals surface area contributed by atoms with Crippen LogP contribution in [0.2, 0.25) is 5.02 Å². The summed E-state index contributed by atoms with van der Waals surface area (Å²) in [5, 5.41) is 10.2. The molecular formula is C16H19BrClNO4. The van der Waals surface area contributed by atoms with Crippen molar-refractivity contribution in [1.82, 2.24) is 4.90 Å². The second-order valence-corrected chi connectivity index (χ2v) is 7.82. The van der Waals surface area contributed by atoms with Crippen LogP contribution < -0.4 is 0 Å². The number of amides is 1. The van der Waals surface area contributed by atoms with Crippen molar-refractivity contribution in [1.29, 1.82) is 0 Å². The molecule has 1 aromatic rings. The SMILES string of the molecule is CC(C)(C)OC(=O)N(C1CC1)C(C(=O)O)c1ccc(Cl)cc1Br. The van der Waals surface area contributed by atoms with Crippen molar-refractivity contribution in [2.45, 2.75) is 51.3 Å². The van der Waals surface area contributed by atoms with Gasteiger partial charge < -0.3 is 9.84 Å². The number of carboxylic acids is 1. The van der Waals surface area contributed by atoms with E-state index in [1.54, 1.807) is 39.0 Å². The van der Waals surface area contributed by atoms with Crippen LogP contribution in [-0.4, -0.2) is 33.7 Å². The molecule has 5 nitrogen and oxygen atoms in total. The van der Waals surface area contributed by atoms with Crippen LogP contribution in [0.15, 0.2) is 22.7 Å². The summed E-state index contributed by atoms with van der Waals surface area (Å²) in [4.78, 5) is 25.7. The van der Waals surface area contributed by atoms with Crippen LogP contribution in [0.3, 0.4) is 0 Å². The maximum Gasteiger partial charge on any atom is 0.411 e. The van der Waals surface area contributed by atoms with Crippen molar-refractivity contribution in [3.63, 3.8) is 0 Å². The van der Waals surface area contributed by atoms with E-state index >= 15 is 0 Å². The van der Waals surface area contributed by atoms with Crippen molar-refractivity contribution in [2.75, 3.05) is 0 Å². The number of rotatable bonds is 4. The van der Waals surface area contributed by atoms with Crippen LogP contribution in [0.1, 0.15) is 45.2 Å². The molecule has 1 atom stereocenters.